The number of aromatic nitrogens is 1. The highest BCUT2D eigenvalue weighted by Crippen LogP contribution is 2.48. The van der Waals surface area contributed by atoms with Gasteiger partial charge in [0.1, 0.15) is 11.2 Å². The molecule has 9 aromatic carbocycles. The second kappa shape index (κ2) is 12.6. The molecule has 11 aromatic rings. The van der Waals surface area contributed by atoms with Crippen molar-refractivity contribution in [2.24, 2.45) is 0 Å². The van der Waals surface area contributed by atoms with E-state index in [1.165, 1.54) is 38.2 Å². The van der Waals surface area contributed by atoms with Crippen molar-refractivity contribution < 1.29 is 4.42 Å². The first-order chi connectivity index (χ1) is 27.3. The van der Waals surface area contributed by atoms with Gasteiger partial charge in [-0.25, -0.2) is 0 Å². The number of benzene rings is 9. The second-order valence-corrected chi connectivity index (χ2v) is 14.1. The van der Waals surface area contributed by atoms with Gasteiger partial charge in [-0.15, -0.1) is 0 Å². The summed E-state index contributed by atoms with van der Waals surface area (Å²) in [5, 5.41) is 7.04. The molecule has 3 heteroatoms. The van der Waals surface area contributed by atoms with Crippen molar-refractivity contribution in [1.82, 2.24) is 4.57 Å². The SMILES string of the molecule is c1ccc(-c2ccc(N(c3cc(-c4ccccc4)c4c(c3)oc3ccc5ccccc5c34)c3cccc4c3c3ccccc3n4-c3ccccc3)cc2)cc1. The van der Waals surface area contributed by atoms with E-state index in [0.29, 0.717) is 0 Å². The van der Waals surface area contributed by atoms with Crippen LogP contribution in [0.5, 0.6) is 0 Å². The summed E-state index contributed by atoms with van der Waals surface area (Å²) in [5.74, 6) is 0. The van der Waals surface area contributed by atoms with Crippen LogP contribution in [0.3, 0.4) is 0 Å². The number of para-hydroxylation sites is 2. The first-order valence-corrected chi connectivity index (χ1v) is 18.8. The third-order valence-electron chi connectivity index (χ3n) is 11.0. The van der Waals surface area contributed by atoms with Gasteiger partial charge in [0, 0.05) is 39.0 Å². The van der Waals surface area contributed by atoms with Gasteiger partial charge in [0.05, 0.1) is 22.4 Å². The minimum Gasteiger partial charge on any atom is -0.456 e. The molecule has 55 heavy (non-hydrogen) atoms. The molecule has 0 fully saturated rings. The van der Waals surface area contributed by atoms with Crippen LogP contribution < -0.4 is 4.90 Å². The van der Waals surface area contributed by atoms with Crippen molar-refractivity contribution >= 4 is 71.6 Å². The number of nitrogens with zero attached hydrogens (tertiary/aromatic N) is 2. The molecule has 2 heterocycles. The predicted octanol–water partition coefficient (Wildman–Crippen LogP) is 14.6. The lowest BCUT2D eigenvalue weighted by Gasteiger charge is -2.27. The molecule has 0 aliphatic rings. The maximum Gasteiger partial charge on any atom is 0.138 e. The number of rotatable bonds is 6. The van der Waals surface area contributed by atoms with Crippen molar-refractivity contribution in [3.8, 4) is 27.9 Å². The third-order valence-corrected chi connectivity index (χ3v) is 11.0. The number of fused-ring (bicyclic) bond motifs is 8. The van der Waals surface area contributed by atoms with Crippen LogP contribution >= 0.6 is 0 Å². The second-order valence-electron chi connectivity index (χ2n) is 14.1. The van der Waals surface area contributed by atoms with Gasteiger partial charge < -0.3 is 13.9 Å². The van der Waals surface area contributed by atoms with Crippen LogP contribution in [0.25, 0.3) is 82.5 Å². The van der Waals surface area contributed by atoms with E-state index in [1.54, 1.807) is 0 Å². The molecule has 0 aliphatic carbocycles. The average molecular weight is 703 g/mol. The Morgan fingerprint density at radius 2 is 1.02 bits per heavy atom. The molecule has 0 saturated heterocycles. The fourth-order valence-corrected chi connectivity index (χ4v) is 8.53. The minimum atomic E-state index is 0.854. The van der Waals surface area contributed by atoms with E-state index in [-0.39, 0.29) is 0 Å². The molecule has 0 bridgehead atoms. The van der Waals surface area contributed by atoms with Crippen molar-refractivity contribution in [3.63, 3.8) is 0 Å². The van der Waals surface area contributed by atoms with E-state index in [9.17, 15) is 0 Å². The zero-order chi connectivity index (χ0) is 36.3. The standard InChI is InChI=1S/C52H34N2O/c1-4-15-35(16-5-1)36-27-30-40(31-28-36)53(46-25-14-26-47-50(46)43-23-12-13-24-45(43)54(47)39-20-8-3-9-21-39)41-33-44(37-17-6-2-7-18-37)52-49(34-41)55-48-32-29-38-19-10-11-22-42(38)51(48)52/h1-34H. The van der Waals surface area contributed by atoms with Crippen LogP contribution in [0, 0.1) is 0 Å². The number of hydrogen-bond donors (Lipinski definition) is 0. The Hall–Kier alpha value is -7.36. The molecule has 0 aliphatic heterocycles. The van der Waals surface area contributed by atoms with Gasteiger partial charge in [-0.3, -0.25) is 0 Å². The first kappa shape index (κ1) is 31.2. The van der Waals surface area contributed by atoms with E-state index in [1.807, 2.05) is 0 Å². The minimum absolute atomic E-state index is 0.854. The van der Waals surface area contributed by atoms with Crippen LogP contribution in [-0.4, -0.2) is 4.57 Å². The van der Waals surface area contributed by atoms with Gasteiger partial charge in [0.2, 0.25) is 0 Å². The Labute approximate surface area is 318 Å². The van der Waals surface area contributed by atoms with Gasteiger partial charge in [0.15, 0.2) is 0 Å². The smallest absolute Gasteiger partial charge is 0.138 e. The molecular weight excluding hydrogens is 669 g/mol. The first-order valence-electron chi connectivity index (χ1n) is 18.8. The van der Waals surface area contributed by atoms with Crippen molar-refractivity contribution in [1.29, 1.82) is 0 Å². The lowest BCUT2D eigenvalue weighted by molar-refractivity contribution is 0.669. The van der Waals surface area contributed by atoms with Crippen LogP contribution in [-0.2, 0) is 0 Å². The van der Waals surface area contributed by atoms with Gasteiger partial charge in [-0.05, 0) is 87.6 Å². The highest BCUT2D eigenvalue weighted by atomic mass is 16.3. The van der Waals surface area contributed by atoms with Gasteiger partial charge in [0.25, 0.3) is 0 Å². The monoisotopic (exact) mass is 702 g/mol. The summed E-state index contributed by atoms with van der Waals surface area (Å²) in [6.07, 6.45) is 0. The Kier molecular flexibility index (Phi) is 7.17. The Balaban J connectivity index is 1.23. The molecule has 0 unspecified atom stereocenters. The molecule has 0 amide bonds. The summed E-state index contributed by atoms with van der Waals surface area (Å²) in [6.45, 7) is 0. The lowest BCUT2D eigenvalue weighted by Crippen LogP contribution is -2.10. The van der Waals surface area contributed by atoms with E-state index >= 15 is 0 Å². The summed E-state index contributed by atoms with van der Waals surface area (Å²) in [7, 11) is 0. The summed E-state index contributed by atoms with van der Waals surface area (Å²) in [6, 6.07) is 73.8. The normalized spacial score (nSPS) is 11.6. The third kappa shape index (κ3) is 5.05. The van der Waals surface area contributed by atoms with Crippen molar-refractivity contribution in [3.05, 3.63) is 206 Å². The average Bonchev–Trinajstić information content (AvgIpc) is 3.81. The molecule has 0 atom stereocenters. The Morgan fingerprint density at radius 3 is 1.80 bits per heavy atom. The topological polar surface area (TPSA) is 21.3 Å². The molecular formula is C52H34N2O. The van der Waals surface area contributed by atoms with Crippen molar-refractivity contribution in [2.75, 3.05) is 4.90 Å². The zero-order valence-corrected chi connectivity index (χ0v) is 29.9. The molecule has 11 rings (SSSR count). The molecule has 0 spiro atoms. The quantitative estimate of drug-likeness (QED) is 0.172. The summed E-state index contributed by atoms with van der Waals surface area (Å²) >= 11 is 0. The highest BCUT2D eigenvalue weighted by molar-refractivity contribution is 6.24. The summed E-state index contributed by atoms with van der Waals surface area (Å²) in [5.41, 5.74) is 13.0. The van der Waals surface area contributed by atoms with E-state index in [2.05, 4.69) is 216 Å². The maximum atomic E-state index is 6.85. The number of anilines is 3. The van der Waals surface area contributed by atoms with Gasteiger partial charge >= 0.3 is 0 Å². The highest BCUT2D eigenvalue weighted by Gasteiger charge is 2.24. The molecule has 0 saturated carbocycles. The van der Waals surface area contributed by atoms with E-state index < -0.39 is 0 Å². The molecule has 0 N–H and O–H groups in total. The van der Waals surface area contributed by atoms with Crippen LogP contribution in [0.4, 0.5) is 17.1 Å². The zero-order valence-electron chi connectivity index (χ0n) is 29.9. The summed E-state index contributed by atoms with van der Waals surface area (Å²) in [4.78, 5) is 2.41. The largest absolute Gasteiger partial charge is 0.456 e. The predicted molar refractivity (Wildman–Crippen MR) is 231 cm³/mol. The van der Waals surface area contributed by atoms with Gasteiger partial charge in [-0.1, -0.05) is 146 Å². The molecule has 258 valence electrons. The summed E-state index contributed by atoms with van der Waals surface area (Å²) < 4.78 is 9.23. The number of furan rings is 1. The van der Waals surface area contributed by atoms with E-state index in [0.717, 1.165) is 61.3 Å². The van der Waals surface area contributed by atoms with Crippen molar-refractivity contribution in [2.45, 2.75) is 0 Å². The van der Waals surface area contributed by atoms with Crippen LogP contribution in [0.2, 0.25) is 0 Å². The van der Waals surface area contributed by atoms with Crippen LogP contribution in [0.15, 0.2) is 211 Å². The molecule has 3 nitrogen and oxygen atoms in total. The fraction of sp³-hybridized carbons (Fsp3) is 0. The van der Waals surface area contributed by atoms with E-state index in [4.69, 9.17) is 4.42 Å². The van der Waals surface area contributed by atoms with Crippen LogP contribution in [0.1, 0.15) is 0 Å². The number of hydrogen-bond acceptors (Lipinski definition) is 2. The molecule has 0 radical (unpaired) electrons. The Morgan fingerprint density at radius 1 is 0.382 bits per heavy atom. The fourth-order valence-electron chi connectivity index (χ4n) is 8.53. The molecule has 2 aromatic heterocycles. The lowest BCUT2D eigenvalue weighted by atomic mass is 9.95. The maximum absolute atomic E-state index is 6.85. The van der Waals surface area contributed by atoms with Gasteiger partial charge in [-0.2, -0.15) is 0 Å². The Bertz CT molecular complexity index is 3180.